The molecule has 1 aliphatic carbocycles. The lowest BCUT2D eigenvalue weighted by molar-refractivity contribution is 0.0699. The average Bonchev–Trinajstić information content (AvgIpc) is 2.37. The molecule has 2 aliphatic rings. The molecule has 1 heterocycles. The van der Waals surface area contributed by atoms with E-state index in [1.54, 1.807) is 0 Å². The highest BCUT2D eigenvalue weighted by Crippen LogP contribution is 2.41. The first-order chi connectivity index (χ1) is 9.07. The number of fused-ring (bicyclic) bond motifs is 1. The lowest BCUT2D eigenvalue weighted by Gasteiger charge is -2.44. The minimum Gasteiger partial charge on any atom is -0.508 e. The quantitative estimate of drug-likeness (QED) is 0.827. The van der Waals surface area contributed by atoms with E-state index in [2.05, 4.69) is 24.8 Å². The van der Waals surface area contributed by atoms with Gasteiger partial charge in [0, 0.05) is 12.6 Å². The van der Waals surface area contributed by atoms with Gasteiger partial charge in [-0.2, -0.15) is 0 Å². The molecule has 1 fully saturated rings. The average molecular weight is 259 g/mol. The Morgan fingerprint density at radius 3 is 2.89 bits per heavy atom. The Bertz CT molecular complexity index is 466. The Balaban J connectivity index is 1.89. The summed E-state index contributed by atoms with van der Waals surface area (Å²) in [5.41, 5.74) is 3.01. The van der Waals surface area contributed by atoms with E-state index in [1.165, 1.54) is 49.9 Å². The Kier molecular flexibility index (Phi) is 3.30. The van der Waals surface area contributed by atoms with E-state index in [0.717, 1.165) is 6.42 Å². The zero-order chi connectivity index (χ0) is 13.5. The molecule has 2 heteroatoms. The number of rotatable bonds is 1. The van der Waals surface area contributed by atoms with Gasteiger partial charge in [-0.3, -0.25) is 4.90 Å². The summed E-state index contributed by atoms with van der Waals surface area (Å²) in [6.45, 7) is 7.16. The van der Waals surface area contributed by atoms with Crippen LogP contribution in [0.5, 0.6) is 5.75 Å². The van der Waals surface area contributed by atoms with Crippen molar-refractivity contribution in [1.29, 1.82) is 0 Å². The van der Waals surface area contributed by atoms with Gasteiger partial charge in [-0.1, -0.05) is 26.0 Å². The normalized spacial score (nSPS) is 26.9. The summed E-state index contributed by atoms with van der Waals surface area (Å²) < 4.78 is 0. The lowest BCUT2D eigenvalue weighted by Crippen LogP contribution is -2.43. The first kappa shape index (κ1) is 13.0. The van der Waals surface area contributed by atoms with Crippen molar-refractivity contribution in [3.63, 3.8) is 0 Å². The maximum atomic E-state index is 10.1. The summed E-state index contributed by atoms with van der Waals surface area (Å²) in [6, 6.07) is 6.58. The van der Waals surface area contributed by atoms with Crippen LogP contribution in [-0.4, -0.2) is 23.1 Å². The van der Waals surface area contributed by atoms with Gasteiger partial charge in [-0.15, -0.1) is 0 Å². The second-order valence-corrected chi connectivity index (χ2v) is 6.99. The number of piperidine rings is 1. The standard InChI is InChI=1S/C17H25NO/c1-17(2)10-5-11-18(12-17)15-8-3-7-14-13(15)6-4-9-16(14)19/h4,6,9,15,19H,3,5,7-8,10-12H2,1-2H3. The molecule has 0 spiro atoms. The first-order valence-corrected chi connectivity index (χ1v) is 7.62. The molecule has 1 aromatic carbocycles. The molecule has 1 unspecified atom stereocenters. The molecular formula is C17H25NO. The van der Waals surface area contributed by atoms with Crippen LogP contribution >= 0.6 is 0 Å². The molecule has 1 aromatic rings. The molecule has 2 nitrogen and oxygen atoms in total. The van der Waals surface area contributed by atoms with Gasteiger partial charge in [-0.05, 0) is 61.3 Å². The zero-order valence-electron chi connectivity index (χ0n) is 12.2. The number of likely N-dealkylation sites (tertiary alicyclic amines) is 1. The summed E-state index contributed by atoms with van der Waals surface area (Å²) in [7, 11) is 0. The van der Waals surface area contributed by atoms with E-state index < -0.39 is 0 Å². The molecule has 0 aromatic heterocycles. The number of benzene rings is 1. The highest BCUT2D eigenvalue weighted by molar-refractivity contribution is 5.42. The van der Waals surface area contributed by atoms with Crippen LogP contribution in [0.2, 0.25) is 0 Å². The summed E-state index contributed by atoms with van der Waals surface area (Å²) >= 11 is 0. The number of nitrogens with zero attached hydrogens (tertiary/aromatic N) is 1. The van der Waals surface area contributed by atoms with Crippen molar-refractivity contribution in [3.05, 3.63) is 29.3 Å². The van der Waals surface area contributed by atoms with Gasteiger partial charge in [0.15, 0.2) is 0 Å². The Hall–Kier alpha value is -1.02. The molecular weight excluding hydrogens is 234 g/mol. The van der Waals surface area contributed by atoms with Crippen molar-refractivity contribution in [2.24, 2.45) is 5.41 Å². The van der Waals surface area contributed by atoms with E-state index in [0.29, 0.717) is 17.2 Å². The molecule has 1 N–H and O–H groups in total. The molecule has 0 amide bonds. The summed E-state index contributed by atoms with van der Waals surface area (Å²) in [5, 5.41) is 10.1. The van der Waals surface area contributed by atoms with E-state index in [4.69, 9.17) is 0 Å². The predicted molar refractivity (Wildman–Crippen MR) is 78.4 cm³/mol. The minimum atomic E-state index is 0.437. The fourth-order valence-electron chi connectivity index (χ4n) is 3.92. The Morgan fingerprint density at radius 2 is 2.11 bits per heavy atom. The summed E-state index contributed by atoms with van der Waals surface area (Å²) in [5.74, 6) is 0.499. The Morgan fingerprint density at radius 1 is 1.26 bits per heavy atom. The van der Waals surface area contributed by atoms with Gasteiger partial charge in [0.1, 0.15) is 5.75 Å². The number of hydrogen-bond acceptors (Lipinski definition) is 2. The summed E-state index contributed by atoms with van der Waals surface area (Å²) in [6.07, 6.45) is 6.12. The second kappa shape index (κ2) is 4.82. The van der Waals surface area contributed by atoms with Crippen molar-refractivity contribution < 1.29 is 5.11 Å². The smallest absolute Gasteiger partial charge is 0.119 e. The topological polar surface area (TPSA) is 23.5 Å². The van der Waals surface area contributed by atoms with Gasteiger partial charge >= 0.3 is 0 Å². The molecule has 0 saturated carbocycles. The monoisotopic (exact) mass is 259 g/mol. The van der Waals surface area contributed by atoms with Gasteiger partial charge in [-0.25, -0.2) is 0 Å². The number of hydrogen-bond donors (Lipinski definition) is 1. The molecule has 1 saturated heterocycles. The first-order valence-electron chi connectivity index (χ1n) is 7.62. The van der Waals surface area contributed by atoms with Crippen molar-refractivity contribution in [1.82, 2.24) is 4.90 Å². The Labute approximate surface area is 116 Å². The van der Waals surface area contributed by atoms with Crippen LogP contribution in [0, 0.1) is 5.41 Å². The van der Waals surface area contributed by atoms with Crippen LogP contribution in [-0.2, 0) is 6.42 Å². The molecule has 1 atom stereocenters. The van der Waals surface area contributed by atoms with Crippen molar-refractivity contribution >= 4 is 0 Å². The zero-order valence-corrected chi connectivity index (χ0v) is 12.2. The molecule has 3 rings (SSSR count). The third-order valence-electron chi connectivity index (χ3n) is 4.82. The fraction of sp³-hybridized carbons (Fsp3) is 0.647. The SMILES string of the molecule is CC1(C)CCCN(C2CCCc3c(O)cccc32)C1. The van der Waals surface area contributed by atoms with Gasteiger partial charge in [0.2, 0.25) is 0 Å². The fourth-order valence-corrected chi connectivity index (χ4v) is 3.92. The second-order valence-electron chi connectivity index (χ2n) is 6.99. The number of phenolic OH excluding ortho intramolecular Hbond substituents is 1. The van der Waals surface area contributed by atoms with E-state index >= 15 is 0 Å². The minimum absolute atomic E-state index is 0.437. The van der Waals surface area contributed by atoms with E-state index in [9.17, 15) is 5.11 Å². The van der Waals surface area contributed by atoms with E-state index in [1.807, 2.05) is 12.1 Å². The molecule has 0 radical (unpaired) electrons. The van der Waals surface area contributed by atoms with Gasteiger partial charge in [0.25, 0.3) is 0 Å². The summed E-state index contributed by atoms with van der Waals surface area (Å²) in [4.78, 5) is 2.65. The van der Waals surface area contributed by atoms with Gasteiger partial charge < -0.3 is 5.11 Å². The van der Waals surface area contributed by atoms with E-state index in [-0.39, 0.29) is 0 Å². The number of aromatic hydroxyl groups is 1. The molecule has 19 heavy (non-hydrogen) atoms. The van der Waals surface area contributed by atoms with Crippen LogP contribution in [0.1, 0.15) is 56.7 Å². The maximum absolute atomic E-state index is 10.1. The van der Waals surface area contributed by atoms with Crippen molar-refractivity contribution in [2.45, 2.75) is 52.0 Å². The van der Waals surface area contributed by atoms with Crippen LogP contribution in [0.15, 0.2) is 18.2 Å². The molecule has 0 bridgehead atoms. The number of phenols is 1. The van der Waals surface area contributed by atoms with Crippen LogP contribution in [0.4, 0.5) is 0 Å². The molecule has 104 valence electrons. The van der Waals surface area contributed by atoms with Crippen molar-refractivity contribution in [3.8, 4) is 5.75 Å². The lowest BCUT2D eigenvalue weighted by atomic mass is 9.80. The van der Waals surface area contributed by atoms with Crippen LogP contribution in [0.25, 0.3) is 0 Å². The largest absolute Gasteiger partial charge is 0.508 e. The van der Waals surface area contributed by atoms with Crippen molar-refractivity contribution in [2.75, 3.05) is 13.1 Å². The highest BCUT2D eigenvalue weighted by atomic mass is 16.3. The predicted octanol–water partition coefficient (Wildman–Crippen LogP) is 3.89. The van der Waals surface area contributed by atoms with Gasteiger partial charge in [0.05, 0.1) is 0 Å². The maximum Gasteiger partial charge on any atom is 0.119 e. The third kappa shape index (κ3) is 2.51. The van der Waals surface area contributed by atoms with Crippen LogP contribution < -0.4 is 0 Å². The third-order valence-corrected chi connectivity index (χ3v) is 4.82. The highest BCUT2D eigenvalue weighted by Gasteiger charge is 2.33. The molecule has 1 aliphatic heterocycles. The van der Waals surface area contributed by atoms with Crippen LogP contribution in [0.3, 0.4) is 0 Å².